The van der Waals surface area contributed by atoms with E-state index in [0.717, 1.165) is 12.0 Å². The van der Waals surface area contributed by atoms with Crippen LogP contribution in [0.4, 0.5) is 0 Å². The average Bonchev–Trinajstić information content (AvgIpc) is 3.17. The van der Waals surface area contributed by atoms with Gasteiger partial charge < -0.3 is 10.2 Å². The third kappa shape index (κ3) is 5.43. The third-order valence-corrected chi connectivity index (χ3v) is 4.96. The Hall–Kier alpha value is -0.0800. The molecule has 1 heterocycles. The fourth-order valence-electron chi connectivity index (χ4n) is 3.53. The van der Waals surface area contributed by atoms with Gasteiger partial charge in [-0.15, -0.1) is 0 Å². The van der Waals surface area contributed by atoms with E-state index in [0.29, 0.717) is 5.41 Å². The van der Waals surface area contributed by atoms with Crippen LogP contribution in [-0.2, 0) is 0 Å². The summed E-state index contributed by atoms with van der Waals surface area (Å²) in [6.45, 7) is 12.4. The van der Waals surface area contributed by atoms with Crippen molar-refractivity contribution >= 4 is 0 Å². The molecule has 2 rings (SSSR count). The van der Waals surface area contributed by atoms with Crippen LogP contribution >= 0.6 is 0 Å². The highest BCUT2D eigenvalue weighted by Crippen LogP contribution is 2.28. The second-order valence-electron chi connectivity index (χ2n) is 7.53. The first-order valence-electron chi connectivity index (χ1n) is 8.57. The first-order chi connectivity index (χ1) is 9.11. The van der Waals surface area contributed by atoms with Gasteiger partial charge in [0.2, 0.25) is 0 Å². The summed E-state index contributed by atoms with van der Waals surface area (Å²) < 4.78 is 0. The van der Waals surface area contributed by atoms with E-state index in [-0.39, 0.29) is 0 Å². The molecule has 2 nitrogen and oxygen atoms in total. The van der Waals surface area contributed by atoms with Crippen LogP contribution in [0.3, 0.4) is 0 Å². The molecule has 19 heavy (non-hydrogen) atoms. The van der Waals surface area contributed by atoms with E-state index in [4.69, 9.17) is 0 Å². The number of nitrogens with one attached hydrogen (secondary N) is 1. The summed E-state index contributed by atoms with van der Waals surface area (Å²) in [5.74, 6) is 0.937. The van der Waals surface area contributed by atoms with Gasteiger partial charge >= 0.3 is 0 Å². The van der Waals surface area contributed by atoms with Gasteiger partial charge in [0, 0.05) is 19.1 Å². The molecular formula is C17H34N2. The minimum Gasteiger partial charge on any atom is -0.313 e. The van der Waals surface area contributed by atoms with Crippen molar-refractivity contribution in [3.8, 4) is 0 Å². The molecule has 1 aliphatic carbocycles. The molecule has 0 aromatic carbocycles. The van der Waals surface area contributed by atoms with Crippen molar-refractivity contribution in [1.29, 1.82) is 0 Å². The van der Waals surface area contributed by atoms with Crippen molar-refractivity contribution in [1.82, 2.24) is 10.2 Å². The predicted molar refractivity (Wildman–Crippen MR) is 83.5 cm³/mol. The summed E-state index contributed by atoms with van der Waals surface area (Å²) in [6.07, 6.45) is 9.72. The molecule has 0 amide bonds. The summed E-state index contributed by atoms with van der Waals surface area (Å²) in [7, 11) is 0. The van der Waals surface area contributed by atoms with Crippen molar-refractivity contribution in [2.45, 2.75) is 71.8 Å². The van der Waals surface area contributed by atoms with Crippen LogP contribution in [-0.4, -0.2) is 37.1 Å². The molecular weight excluding hydrogens is 232 g/mol. The lowest BCUT2D eigenvalue weighted by atomic mass is 9.84. The van der Waals surface area contributed by atoms with Crippen molar-refractivity contribution in [3.63, 3.8) is 0 Å². The van der Waals surface area contributed by atoms with E-state index < -0.39 is 0 Å². The van der Waals surface area contributed by atoms with Gasteiger partial charge in [-0.1, -0.05) is 27.2 Å². The summed E-state index contributed by atoms with van der Waals surface area (Å²) in [5.41, 5.74) is 0.477. The molecule has 2 aliphatic rings. The van der Waals surface area contributed by atoms with Crippen molar-refractivity contribution < 1.29 is 0 Å². The van der Waals surface area contributed by atoms with Gasteiger partial charge in [0.15, 0.2) is 0 Å². The van der Waals surface area contributed by atoms with Gasteiger partial charge in [-0.25, -0.2) is 0 Å². The molecule has 0 aromatic heterocycles. The highest BCUT2D eigenvalue weighted by Gasteiger charge is 2.30. The Morgan fingerprint density at radius 2 is 1.95 bits per heavy atom. The molecule has 2 heteroatoms. The van der Waals surface area contributed by atoms with Crippen LogP contribution in [0.25, 0.3) is 0 Å². The second-order valence-corrected chi connectivity index (χ2v) is 7.53. The first-order valence-corrected chi connectivity index (χ1v) is 8.57. The Balaban J connectivity index is 1.82. The zero-order valence-corrected chi connectivity index (χ0v) is 13.4. The van der Waals surface area contributed by atoms with Gasteiger partial charge in [0.25, 0.3) is 0 Å². The van der Waals surface area contributed by atoms with Gasteiger partial charge in [-0.3, -0.25) is 0 Å². The summed E-state index contributed by atoms with van der Waals surface area (Å²) in [6, 6.07) is 0.848. The molecule has 1 N–H and O–H groups in total. The molecule has 1 saturated heterocycles. The Labute approximate surface area is 120 Å². The van der Waals surface area contributed by atoms with Crippen LogP contribution in [0, 0.1) is 11.3 Å². The van der Waals surface area contributed by atoms with E-state index in [2.05, 4.69) is 31.0 Å². The van der Waals surface area contributed by atoms with E-state index in [9.17, 15) is 0 Å². The average molecular weight is 266 g/mol. The van der Waals surface area contributed by atoms with Gasteiger partial charge in [-0.05, 0) is 62.9 Å². The maximum Gasteiger partial charge on any atom is 0.00684 e. The molecule has 1 aliphatic heterocycles. The molecule has 112 valence electrons. The zero-order valence-electron chi connectivity index (χ0n) is 13.4. The van der Waals surface area contributed by atoms with Crippen molar-refractivity contribution in [2.24, 2.45) is 11.3 Å². The fourth-order valence-corrected chi connectivity index (χ4v) is 3.53. The molecule has 0 bridgehead atoms. The summed E-state index contributed by atoms with van der Waals surface area (Å²) in [5, 5.41) is 3.77. The fraction of sp³-hybridized carbons (Fsp3) is 1.00. The molecule has 0 aromatic rings. The van der Waals surface area contributed by atoms with E-state index >= 15 is 0 Å². The summed E-state index contributed by atoms with van der Waals surface area (Å²) >= 11 is 0. The van der Waals surface area contributed by atoms with Crippen LogP contribution in [0.2, 0.25) is 0 Å². The highest BCUT2D eigenvalue weighted by molar-refractivity contribution is 4.87. The van der Waals surface area contributed by atoms with E-state index in [1.165, 1.54) is 71.1 Å². The van der Waals surface area contributed by atoms with Crippen LogP contribution in [0.1, 0.15) is 65.7 Å². The normalized spacial score (nSPS) is 28.9. The van der Waals surface area contributed by atoms with Crippen LogP contribution < -0.4 is 5.32 Å². The number of likely N-dealkylation sites (tertiary alicyclic amines) is 1. The van der Waals surface area contributed by atoms with Crippen molar-refractivity contribution in [2.75, 3.05) is 26.2 Å². The van der Waals surface area contributed by atoms with Crippen LogP contribution in [0.15, 0.2) is 0 Å². The van der Waals surface area contributed by atoms with Crippen LogP contribution in [0.5, 0.6) is 0 Å². The Morgan fingerprint density at radius 3 is 2.63 bits per heavy atom. The lowest BCUT2D eigenvalue weighted by molar-refractivity contribution is 0.151. The second kappa shape index (κ2) is 7.08. The van der Waals surface area contributed by atoms with Gasteiger partial charge in [0.1, 0.15) is 0 Å². The highest BCUT2D eigenvalue weighted by atomic mass is 15.1. The number of nitrogens with zero attached hydrogens (tertiary/aromatic N) is 1. The zero-order chi connectivity index (χ0) is 13.7. The van der Waals surface area contributed by atoms with Gasteiger partial charge in [0.05, 0.1) is 0 Å². The minimum atomic E-state index is 0.477. The lowest BCUT2D eigenvalue weighted by Crippen LogP contribution is -2.43. The Morgan fingerprint density at radius 1 is 1.16 bits per heavy atom. The SMILES string of the molecule is CCCC(C)(CNC1CC1)CN1CCCC(C)CC1. The summed E-state index contributed by atoms with van der Waals surface area (Å²) in [4.78, 5) is 2.74. The number of hydrogen-bond acceptors (Lipinski definition) is 2. The maximum atomic E-state index is 3.77. The minimum absolute atomic E-state index is 0.477. The van der Waals surface area contributed by atoms with Gasteiger partial charge in [-0.2, -0.15) is 0 Å². The standard InChI is InChI=1S/C17H34N2/c1-4-10-17(3,13-18-16-7-8-16)14-19-11-5-6-15(2)9-12-19/h15-16,18H,4-14H2,1-3H3. The molecule has 0 radical (unpaired) electrons. The largest absolute Gasteiger partial charge is 0.313 e. The van der Waals surface area contributed by atoms with E-state index in [1.807, 2.05) is 0 Å². The molecule has 2 fully saturated rings. The quantitative estimate of drug-likeness (QED) is 0.756. The molecule has 2 unspecified atom stereocenters. The monoisotopic (exact) mass is 266 g/mol. The molecule has 1 saturated carbocycles. The number of hydrogen-bond donors (Lipinski definition) is 1. The molecule has 2 atom stereocenters. The lowest BCUT2D eigenvalue weighted by Gasteiger charge is -2.35. The topological polar surface area (TPSA) is 15.3 Å². The smallest absolute Gasteiger partial charge is 0.00684 e. The third-order valence-electron chi connectivity index (χ3n) is 4.96. The van der Waals surface area contributed by atoms with E-state index in [1.54, 1.807) is 0 Å². The van der Waals surface area contributed by atoms with Crippen molar-refractivity contribution in [3.05, 3.63) is 0 Å². The Bertz CT molecular complexity index is 262. The first kappa shape index (κ1) is 15.3. The number of rotatable bonds is 7. The molecule has 0 spiro atoms. The maximum absolute atomic E-state index is 3.77. The Kier molecular flexibility index (Phi) is 5.70. The predicted octanol–water partition coefficient (Wildman–Crippen LogP) is 3.67.